The van der Waals surface area contributed by atoms with E-state index in [1.54, 1.807) is 24.3 Å². The van der Waals surface area contributed by atoms with E-state index in [4.69, 9.17) is 4.84 Å². The zero-order valence-corrected chi connectivity index (χ0v) is 10.6. The van der Waals surface area contributed by atoms with Crippen LogP contribution < -0.4 is 0 Å². The lowest BCUT2D eigenvalue weighted by Gasteiger charge is -2.24. The first-order chi connectivity index (χ1) is 9.68. The van der Waals surface area contributed by atoms with Gasteiger partial charge in [0.05, 0.1) is 29.2 Å². The molecule has 0 bridgehead atoms. The van der Waals surface area contributed by atoms with Gasteiger partial charge >= 0.3 is 0 Å². The van der Waals surface area contributed by atoms with Crippen LogP contribution in [0.25, 0.3) is 0 Å². The fourth-order valence-corrected chi connectivity index (χ4v) is 2.01. The third kappa shape index (κ3) is 1.94. The topological polar surface area (TPSA) is 88.3 Å². The molecular weight excluding hydrogens is 264 g/mol. The number of nitrogens with zero attached hydrogens (tertiary/aromatic N) is 4. The van der Waals surface area contributed by atoms with Crippen molar-refractivity contribution >= 4 is 11.8 Å². The van der Waals surface area contributed by atoms with Crippen LogP contribution in [0.1, 0.15) is 27.1 Å². The van der Waals surface area contributed by atoms with Gasteiger partial charge in [-0.2, -0.15) is 0 Å². The number of hydrazine groups is 1. The third-order valence-electron chi connectivity index (χ3n) is 3.27. The second-order valence-corrected chi connectivity index (χ2v) is 4.48. The molecule has 104 valence electrons. The number of carbonyl (C=O) groups excluding carboxylic acids is 2. The van der Waals surface area contributed by atoms with Crippen LogP contribution in [0.2, 0.25) is 0 Å². The van der Waals surface area contributed by atoms with Gasteiger partial charge in [0.15, 0.2) is 0 Å². The molecular formula is C12H12N4O4. The third-order valence-corrected chi connectivity index (χ3v) is 3.27. The smallest absolute Gasteiger partial charge is 0.264 e. The minimum atomic E-state index is -0.442. The van der Waals surface area contributed by atoms with Crippen LogP contribution in [0, 0.1) is 5.21 Å². The molecule has 2 amide bonds. The van der Waals surface area contributed by atoms with Gasteiger partial charge in [0, 0.05) is 0 Å². The number of hydrogen-bond donors (Lipinski definition) is 0. The quantitative estimate of drug-likeness (QED) is 0.350. The van der Waals surface area contributed by atoms with E-state index in [1.165, 1.54) is 5.01 Å². The second-order valence-electron chi connectivity index (χ2n) is 4.48. The highest BCUT2D eigenvalue weighted by molar-refractivity contribution is 6.21. The van der Waals surface area contributed by atoms with Crippen LogP contribution in [-0.4, -0.2) is 46.5 Å². The first-order valence-corrected chi connectivity index (χ1v) is 6.19. The fraction of sp³-hybridized carbons (Fsp3) is 0.333. The van der Waals surface area contributed by atoms with Gasteiger partial charge in [-0.05, 0) is 18.6 Å². The monoisotopic (exact) mass is 276 g/mol. The van der Waals surface area contributed by atoms with Crippen molar-refractivity contribution in [2.24, 2.45) is 5.28 Å². The summed E-state index contributed by atoms with van der Waals surface area (Å²) >= 11 is 0. The molecule has 1 aromatic carbocycles. The Morgan fingerprint density at radius 1 is 1.20 bits per heavy atom. The van der Waals surface area contributed by atoms with E-state index in [9.17, 15) is 14.8 Å². The van der Waals surface area contributed by atoms with Crippen LogP contribution >= 0.6 is 0 Å². The number of hydrogen-bond acceptors (Lipinski definition) is 5. The lowest BCUT2D eigenvalue weighted by Crippen LogP contribution is -2.42. The predicted molar refractivity (Wildman–Crippen MR) is 65.1 cm³/mol. The van der Waals surface area contributed by atoms with Gasteiger partial charge in [0.25, 0.3) is 11.8 Å². The maximum Gasteiger partial charge on any atom is 0.264 e. The molecule has 8 heteroatoms. The maximum absolute atomic E-state index is 12.0. The van der Waals surface area contributed by atoms with Crippen molar-refractivity contribution in [2.45, 2.75) is 6.42 Å². The first kappa shape index (κ1) is 12.4. The van der Waals surface area contributed by atoms with Crippen molar-refractivity contribution in [1.82, 2.24) is 9.91 Å². The summed E-state index contributed by atoms with van der Waals surface area (Å²) in [5.41, 5.74) is 0.672. The molecule has 20 heavy (non-hydrogen) atoms. The highest BCUT2D eigenvalue weighted by atomic mass is 16.7. The molecule has 3 rings (SSSR count). The molecule has 1 fully saturated rings. The van der Waals surface area contributed by atoms with Crippen molar-refractivity contribution in [3.8, 4) is 0 Å². The molecule has 0 N–H and O–H groups in total. The summed E-state index contributed by atoms with van der Waals surface area (Å²) in [6.07, 6.45) is 0.937. The number of imide groups is 1. The molecule has 1 saturated heterocycles. The van der Waals surface area contributed by atoms with Crippen molar-refractivity contribution in [1.29, 1.82) is 0 Å². The van der Waals surface area contributed by atoms with E-state index < -0.39 is 11.8 Å². The molecule has 0 saturated carbocycles. The van der Waals surface area contributed by atoms with Gasteiger partial charge in [0.1, 0.15) is 0 Å². The highest BCUT2D eigenvalue weighted by Gasteiger charge is 2.35. The largest absolute Gasteiger partial charge is 0.569 e. The summed E-state index contributed by atoms with van der Waals surface area (Å²) in [6.45, 7) is 0.881. The molecule has 2 aliphatic heterocycles. The van der Waals surface area contributed by atoms with Crippen molar-refractivity contribution in [3.05, 3.63) is 40.6 Å². The molecule has 8 nitrogen and oxygen atoms in total. The lowest BCUT2D eigenvalue weighted by molar-refractivity contribution is -0.722. The van der Waals surface area contributed by atoms with E-state index in [2.05, 4.69) is 5.28 Å². The Bertz CT molecular complexity index is 562. The highest BCUT2D eigenvalue weighted by Crippen LogP contribution is 2.22. The van der Waals surface area contributed by atoms with Crippen LogP contribution in [0.5, 0.6) is 0 Å². The van der Waals surface area contributed by atoms with Gasteiger partial charge in [-0.3, -0.25) is 9.59 Å². The Morgan fingerprint density at radius 2 is 1.80 bits per heavy atom. The first-order valence-electron chi connectivity index (χ1n) is 6.19. The average Bonchev–Trinajstić information content (AvgIpc) is 2.62. The second kappa shape index (κ2) is 4.80. The summed E-state index contributed by atoms with van der Waals surface area (Å²) in [4.78, 5) is 30.0. The number of amides is 2. The fourth-order valence-electron chi connectivity index (χ4n) is 2.01. The number of carbonyl (C=O) groups is 2. The minimum Gasteiger partial charge on any atom is -0.569 e. The molecule has 0 spiro atoms. The van der Waals surface area contributed by atoms with Crippen LogP contribution in [0.3, 0.4) is 0 Å². The van der Waals surface area contributed by atoms with Crippen LogP contribution in [0.4, 0.5) is 0 Å². The van der Waals surface area contributed by atoms with E-state index in [-0.39, 0.29) is 6.73 Å². The molecule has 0 atom stereocenters. The van der Waals surface area contributed by atoms with Crippen LogP contribution in [0.15, 0.2) is 29.5 Å². The Morgan fingerprint density at radius 3 is 2.30 bits per heavy atom. The van der Waals surface area contributed by atoms with Gasteiger partial charge in [-0.1, -0.05) is 12.1 Å². The van der Waals surface area contributed by atoms with Gasteiger partial charge in [-0.25, -0.2) is 4.90 Å². The summed E-state index contributed by atoms with van der Waals surface area (Å²) < 4.78 is 0. The number of fused-ring (bicyclic) bond motifs is 1. The lowest BCUT2D eigenvalue weighted by atomic mass is 10.1. The minimum absolute atomic E-state index is 0.335. The summed E-state index contributed by atoms with van der Waals surface area (Å²) in [7, 11) is 0. The molecule has 0 radical (unpaired) electrons. The zero-order valence-electron chi connectivity index (χ0n) is 10.6. The average molecular weight is 276 g/mol. The Labute approximate surface area is 114 Å². The van der Waals surface area contributed by atoms with Gasteiger partial charge in [-0.15, -0.1) is 5.01 Å². The van der Waals surface area contributed by atoms with Gasteiger partial charge in [0.2, 0.25) is 12.0 Å². The van der Waals surface area contributed by atoms with E-state index in [1.807, 2.05) is 0 Å². The Kier molecular flexibility index (Phi) is 2.97. The molecule has 2 aliphatic rings. The Hall–Kier alpha value is -2.64. The van der Waals surface area contributed by atoms with E-state index in [0.29, 0.717) is 29.2 Å². The van der Waals surface area contributed by atoms with Crippen molar-refractivity contribution < 1.29 is 19.4 Å². The summed E-state index contributed by atoms with van der Waals surface area (Å²) in [5, 5.41) is 16.1. The van der Waals surface area contributed by atoms with Crippen molar-refractivity contribution in [3.63, 3.8) is 0 Å². The maximum atomic E-state index is 12.0. The standard InChI is InChI=1S/C12H12N4O4/c17-11-9-4-1-2-5-10(9)12(18)15(11)8-20-13-16(19)14-6-3-7-14/h1-2,4-5H,3,6-8H2/b16-13+. The van der Waals surface area contributed by atoms with E-state index in [0.717, 1.165) is 11.3 Å². The summed E-state index contributed by atoms with van der Waals surface area (Å²) in [5.74, 6) is -0.885. The molecule has 1 aromatic rings. The Balaban J connectivity index is 1.65. The zero-order chi connectivity index (χ0) is 14.1. The molecule has 0 unspecified atom stereocenters. The van der Waals surface area contributed by atoms with Crippen LogP contribution in [-0.2, 0) is 4.84 Å². The van der Waals surface area contributed by atoms with Crippen molar-refractivity contribution in [2.75, 3.05) is 19.8 Å². The van der Waals surface area contributed by atoms with E-state index >= 15 is 0 Å². The number of benzene rings is 1. The predicted octanol–water partition coefficient (Wildman–Crippen LogP) is 0.755. The summed E-state index contributed by atoms with van der Waals surface area (Å²) in [6, 6.07) is 6.52. The van der Waals surface area contributed by atoms with Gasteiger partial charge < -0.3 is 10.0 Å². The normalized spacial score (nSPS) is 18.1. The molecule has 2 heterocycles. The number of rotatable bonds is 4. The SMILES string of the molecule is O=C1c2ccccc2C(=O)N1CO/N=[N+](/[O-])N1CCC1. The molecule has 0 aromatic heterocycles. The molecule has 0 aliphatic carbocycles.